The molecule has 0 amide bonds. The minimum Gasteiger partial charge on any atom is -0.0622 e. The van der Waals surface area contributed by atoms with Crippen molar-refractivity contribution in [2.45, 2.75) is 6.16 Å². The molecule has 0 atom stereocenters. The molecule has 0 fully saturated rings. The Kier molecular flexibility index (Phi) is 11.9. The van der Waals surface area contributed by atoms with E-state index in [1.807, 2.05) is 0 Å². The average Bonchev–Trinajstić information content (AvgIpc) is 3.01. The summed E-state index contributed by atoms with van der Waals surface area (Å²) in [5.41, 5.74) is 1.39. The number of hydrogen-bond acceptors (Lipinski definition) is 0. The SMILES string of the molecule is Fc1[c-]c(F)c(F)c(F)c1F.[Cl][Au].c1ccc(C[P+](c2ccccc2)(c2ccccc2)c2ccccc2)cc1. The van der Waals surface area contributed by atoms with E-state index < -0.39 is 36.3 Å². The zero-order valence-electron chi connectivity index (χ0n) is 20.3. The van der Waals surface area contributed by atoms with Gasteiger partial charge >= 0.3 is 29.2 Å². The molecule has 0 bridgehead atoms. The maximum absolute atomic E-state index is 12.0. The summed E-state index contributed by atoms with van der Waals surface area (Å²) < 4.78 is 59.9. The van der Waals surface area contributed by atoms with Crippen LogP contribution in [-0.4, -0.2) is 0 Å². The van der Waals surface area contributed by atoms with Crippen molar-refractivity contribution in [2.75, 3.05) is 0 Å². The van der Waals surface area contributed by atoms with E-state index in [1.165, 1.54) is 21.5 Å². The zero-order chi connectivity index (χ0) is 28.3. The van der Waals surface area contributed by atoms with Gasteiger partial charge in [0.2, 0.25) is 0 Å². The maximum Gasteiger partial charge on any atom is 0.116 e. The summed E-state index contributed by atoms with van der Waals surface area (Å²) in [6, 6.07) is 45.1. The molecule has 0 N–H and O–H groups in total. The van der Waals surface area contributed by atoms with Gasteiger partial charge in [-0.15, -0.1) is 6.07 Å². The van der Waals surface area contributed by atoms with E-state index in [-0.39, 0.29) is 0 Å². The van der Waals surface area contributed by atoms with Crippen LogP contribution in [0.1, 0.15) is 5.56 Å². The van der Waals surface area contributed by atoms with Gasteiger partial charge < -0.3 is 0 Å². The first-order valence-electron chi connectivity index (χ1n) is 11.5. The molecule has 0 unspecified atom stereocenters. The number of benzene rings is 5. The molecule has 0 saturated carbocycles. The molecule has 0 aromatic heterocycles. The number of halogens is 6. The van der Waals surface area contributed by atoms with Gasteiger partial charge in [0.15, 0.2) is 0 Å². The average molecular weight is 753 g/mol. The zero-order valence-corrected chi connectivity index (χ0v) is 24.1. The topological polar surface area (TPSA) is 0 Å². The predicted molar refractivity (Wildman–Crippen MR) is 146 cm³/mol. The smallest absolute Gasteiger partial charge is 0.0622 e. The van der Waals surface area contributed by atoms with Gasteiger partial charge in [0.05, 0.1) is 35.2 Å². The third kappa shape index (κ3) is 7.45. The molecule has 204 valence electrons. The fraction of sp³-hybridized carbons (Fsp3) is 0.0323. The minimum absolute atomic E-state index is 1.02. The quantitative estimate of drug-likeness (QED) is 0.0426. The van der Waals surface area contributed by atoms with E-state index in [9.17, 15) is 22.0 Å². The van der Waals surface area contributed by atoms with Crippen LogP contribution in [0.2, 0.25) is 0 Å². The molecule has 0 saturated heterocycles. The van der Waals surface area contributed by atoms with E-state index in [1.54, 1.807) is 20.0 Å². The Bertz CT molecular complexity index is 1320. The Morgan fingerprint density at radius 1 is 0.487 bits per heavy atom. The molecular weight excluding hydrogens is 731 g/mol. The van der Waals surface area contributed by atoms with Crippen LogP contribution < -0.4 is 15.9 Å². The van der Waals surface area contributed by atoms with Crippen LogP contribution >= 0.6 is 16.5 Å². The third-order valence-electron chi connectivity index (χ3n) is 5.84. The molecule has 5 aromatic carbocycles. The van der Waals surface area contributed by atoms with Crippen molar-refractivity contribution < 1.29 is 41.9 Å². The largest absolute Gasteiger partial charge is 0.116 e. The fourth-order valence-corrected chi connectivity index (χ4v) is 8.36. The van der Waals surface area contributed by atoms with Crippen molar-refractivity contribution in [1.82, 2.24) is 0 Å². The van der Waals surface area contributed by atoms with Gasteiger partial charge in [0, 0.05) is 0 Å². The number of rotatable bonds is 5. The molecule has 0 heterocycles. The molecule has 0 aliphatic heterocycles. The van der Waals surface area contributed by atoms with Crippen LogP contribution in [0.3, 0.4) is 0 Å². The van der Waals surface area contributed by atoms with Crippen LogP contribution in [0.4, 0.5) is 22.0 Å². The van der Waals surface area contributed by atoms with E-state index >= 15 is 0 Å². The summed E-state index contributed by atoms with van der Waals surface area (Å²) in [7, 11) is 2.81. The second-order valence-electron chi connectivity index (χ2n) is 8.16. The van der Waals surface area contributed by atoms with Crippen molar-refractivity contribution in [1.29, 1.82) is 0 Å². The summed E-state index contributed by atoms with van der Waals surface area (Å²) in [6.07, 6.45) is 1.03. The third-order valence-corrected chi connectivity index (χ3v) is 10.2. The Morgan fingerprint density at radius 2 is 0.795 bits per heavy atom. The van der Waals surface area contributed by atoms with Crippen LogP contribution in [0.25, 0.3) is 0 Å². The molecule has 5 aromatic rings. The summed E-state index contributed by atoms with van der Waals surface area (Å²) in [5, 5.41) is 4.30. The molecule has 0 aliphatic carbocycles. The van der Waals surface area contributed by atoms with E-state index in [2.05, 4.69) is 131 Å². The normalized spacial score (nSPS) is 10.6. The van der Waals surface area contributed by atoms with Gasteiger partial charge in [-0.2, -0.15) is 0 Å². The molecular formula is C31H22AuClF5P. The molecule has 8 heteroatoms. The van der Waals surface area contributed by atoms with Gasteiger partial charge in [-0.05, 0) is 42.0 Å². The summed E-state index contributed by atoms with van der Waals surface area (Å²) in [4.78, 5) is 0. The Balaban J connectivity index is 0.000000272. The summed E-state index contributed by atoms with van der Waals surface area (Å²) in [6.45, 7) is 0. The standard InChI is InChI=1S/C25H22P.C6F5.Au.ClH/c1-5-13-22(14-6-1)21-26(23-15-7-2-8-16-23,24-17-9-3-10-18-24)25-19-11-4-12-20-25;7-2-1-3(8)5(10)6(11)4(2)9;;/h1-20H,21H2;;;1H/q+1;-1;+1;/p-1. The monoisotopic (exact) mass is 752 g/mol. The first kappa shape index (κ1) is 30.7. The molecule has 0 nitrogen and oxygen atoms in total. The molecule has 5 rings (SSSR count). The second kappa shape index (κ2) is 15.1. The Morgan fingerprint density at radius 3 is 1.13 bits per heavy atom. The molecule has 0 radical (unpaired) electrons. The Labute approximate surface area is 241 Å². The molecule has 0 aliphatic rings. The first-order chi connectivity index (χ1) is 18.9. The summed E-state index contributed by atoms with van der Waals surface area (Å²) >= 11 is 1.75. The van der Waals surface area contributed by atoms with Crippen LogP contribution in [0.5, 0.6) is 0 Å². The second-order valence-corrected chi connectivity index (χ2v) is 11.6. The van der Waals surface area contributed by atoms with Crippen molar-refractivity contribution >= 4 is 32.4 Å². The molecule has 0 spiro atoms. The van der Waals surface area contributed by atoms with Gasteiger partial charge in [-0.25, -0.2) is 13.2 Å². The van der Waals surface area contributed by atoms with Gasteiger partial charge in [0.1, 0.15) is 23.2 Å². The van der Waals surface area contributed by atoms with Crippen LogP contribution in [0.15, 0.2) is 121 Å². The van der Waals surface area contributed by atoms with E-state index in [0.29, 0.717) is 0 Å². The van der Waals surface area contributed by atoms with Gasteiger partial charge in [-0.1, -0.05) is 84.9 Å². The van der Waals surface area contributed by atoms with Crippen molar-refractivity contribution in [3.8, 4) is 0 Å². The predicted octanol–water partition coefficient (Wildman–Crippen LogP) is 8.05. The van der Waals surface area contributed by atoms with E-state index in [4.69, 9.17) is 0 Å². The fourth-order valence-electron chi connectivity index (χ4n) is 4.12. The Hall–Kier alpha value is -2.79. The number of hydrogen-bond donors (Lipinski definition) is 0. The van der Waals surface area contributed by atoms with Gasteiger partial charge in [-0.3, -0.25) is 8.78 Å². The van der Waals surface area contributed by atoms with Crippen molar-refractivity contribution in [3.63, 3.8) is 0 Å². The van der Waals surface area contributed by atoms with Crippen LogP contribution in [0, 0.1) is 35.2 Å². The van der Waals surface area contributed by atoms with Crippen molar-refractivity contribution in [2.24, 2.45) is 0 Å². The molecule has 39 heavy (non-hydrogen) atoms. The van der Waals surface area contributed by atoms with Gasteiger partial charge in [0.25, 0.3) is 0 Å². The summed E-state index contributed by atoms with van der Waals surface area (Å²) in [5.74, 6) is -10.0. The maximum atomic E-state index is 12.0. The van der Waals surface area contributed by atoms with Crippen LogP contribution in [-0.2, 0) is 26.1 Å². The minimum atomic E-state index is -2.17. The first-order valence-corrected chi connectivity index (χ1v) is 16.2. The van der Waals surface area contributed by atoms with E-state index in [0.717, 1.165) is 12.2 Å². The van der Waals surface area contributed by atoms with Crippen molar-refractivity contribution in [3.05, 3.63) is 162 Å².